The lowest BCUT2D eigenvalue weighted by Crippen LogP contribution is -2.49. The summed E-state index contributed by atoms with van der Waals surface area (Å²) in [6.07, 6.45) is 2.16. The number of nitrogens with zero attached hydrogens (tertiary/aromatic N) is 1. The summed E-state index contributed by atoms with van der Waals surface area (Å²) in [7, 11) is 0. The second-order valence-corrected chi connectivity index (χ2v) is 6.09. The van der Waals surface area contributed by atoms with Gasteiger partial charge in [0.2, 0.25) is 0 Å². The molecule has 0 saturated carbocycles. The first-order valence-corrected chi connectivity index (χ1v) is 8.46. The topological polar surface area (TPSA) is 66.8 Å². The largest absolute Gasteiger partial charge is 0.483 e. The number of carbonyl (C=O) groups excluding carboxylic acids is 1. The van der Waals surface area contributed by atoms with Gasteiger partial charge in [-0.2, -0.15) is 0 Å². The van der Waals surface area contributed by atoms with Gasteiger partial charge < -0.3 is 14.7 Å². The molecular formula is C20H21NO4. The Morgan fingerprint density at radius 1 is 1.04 bits per heavy atom. The number of hydrogen-bond acceptors (Lipinski definition) is 3. The summed E-state index contributed by atoms with van der Waals surface area (Å²) >= 11 is 0. The van der Waals surface area contributed by atoms with Gasteiger partial charge in [-0.05, 0) is 30.9 Å². The zero-order valence-corrected chi connectivity index (χ0v) is 13.9. The van der Waals surface area contributed by atoms with E-state index >= 15 is 0 Å². The zero-order chi connectivity index (χ0) is 17.6. The molecule has 3 rings (SSSR count). The normalized spacial score (nSPS) is 17.1. The Morgan fingerprint density at radius 2 is 1.76 bits per heavy atom. The Kier molecular flexibility index (Phi) is 5.33. The number of ether oxygens (including phenoxy) is 1. The zero-order valence-electron chi connectivity index (χ0n) is 13.9. The molecule has 0 aliphatic carbocycles. The Hall–Kier alpha value is -2.82. The van der Waals surface area contributed by atoms with Crippen LogP contribution in [0, 0.1) is 0 Å². The number of carbonyl (C=O) groups is 2. The third kappa shape index (κ3) is 3.99. The molecule has 25 heavy (non-hydrogen) atoms. The molecule has 2 aromatic carbocycles. The first kappa shape index (κ1) is 17.0. The van der Waals surface area contributed by atoms with Gasteiger partial charge in [0.15, 0.2) is 6.61 Å². The molecule has 0 bridgehead atoms. The van der Waals surface area contributed by atoms with E-state index in [0.717, 1.165) is 24.0 Å². The first-order valence-electron chi connectivity index (χ1n) is 8.46. The molecule has 1 fully saturated rings. The van der Waals surface area contributed by atoms with Crippen molar-refractivity contribution in [2.24, 2.45) is 0 Å². The lowest BCUT2D eigenvalue weighted by Gasteiger charge is -2.32. The molecule has 130 valence electrons. The Bertz CT molecular complexity index is 744. The van der Waals surface area contributed by atoms with Crippen LogP contribution in [-0.2, 0) is 9.59 Å². The molecule has 0 radical (unpaired) electrons. The van der Waals surface area contributed by atoms with Crippen molar-refractivity contribution in [2.45, 2.75) is 25.3 Å². The minimum absolute atomic E-state index is 0.159. The van der Waals surface area contributed by atoms with Crippen molar-refractivity contribution in [1.82, 2.24) is 4.90 Å². The van der Waals surface area contributed by atoms with Crippen LogP contribution in [0.5, 0.6) is 5.75 Å². The fraction of sp³-hybridized carbons (Fsp3) is 0.300. The summed E-state index contributed by atoms with van der Waals surface area (Å²) in [4.78, 5) is 25.2. The van der Waals surface area contributed by atoms with Crippen LogP contribution in [0.3, 0.4) is 0 Å². The van der Waals surface area contributed by atoms with E-state index in [-0.39, 0.29) is 12.5 Å². The van der Waals surface area contributed by atoms with Crippen molar-refractivity contribution in [3.63, 3.8) is 0 Å². The molecule has 0 aromatic heterocycles. The fourth-order valence-electron chi connectivity index (χ4n) is 3.16. The fourth-order valence-corrected chi connectivity index (χ4v) is 3.16. The first-order chi connectivity index (χ1) is 12.2. The van der Waals surface area contributed by atoms with Gasteiger partial charge in [0.05, 0.1) is 0 Å². The highest BCUT2D eigenvalue weighted by Gasteiger charge is 2.32. The molecule has 1 saturated heterocycles. The monoisotopic (exact) mass is 339 g/mol. The molecule has 1 amide bonds. The van der Waals surface area contributed by atoms with E-state index in [2.05, 4.69) is 0 Å². The van der Waals surface area contributed by atoms with Crippen molar-refractivity contribution >= 4 is 11.9 Å². The molecule has 1 aliphatic heterocycles. The van der Waals surface area contributed by atoms with Gasteiger partial charge in [-0.15, -0.1) is 0 Å². The summed E-state index contributed by atoms with van der Waals surface area (Å²) in [6, 6.07) is 16.6. The number of para-hydroxylation sites is 1. The molecule has 1 atom stereocenters. The van der Waals surface area contributed by atoms with Crippen LogP contribution in [0.25, 0.3) is 11.1 Å². The van der Waals surface area contributed by atoms with E-state index in [4.69, 9.17) is 4.74 Å². The lowest BCUT2D eigenvalue weighted by molar-refractivity contribution is -0.152. The molecule has 2 aromatic rings. The van der Waals surface area contributed by atoms with Crippen molar-refractivity contribution in [3.05, 3.63) is 54.6 Å². The predicted molar refractivity (Wildman–Crippen MR) is 94.4 cm³/mol. The van der Waals surface area contributed by atoms with Gasteiger partial charge in [-0.1, -0.05) is 48.5 Å². The number of aliphatic carboxylic acids is 1. The summed E-state index contributed by atoms with van der Waals surface area (Å²) in [6.45, 7) is 0.313. The maximum Gasteiger partial charge on any atom is 0.326 e. The number of piperidine rings is 1. The molecule has 1 heterocycles. The van der Waals surface area contributed by atoms with Crippen LogP contribution < -0.4 is 4.74 Å². The number of hydrogen-bond donors (Lipinski definition) is 1. The van der Waals surface area contributed by atoms with Crippen LogP contribution in [0.15, 0.2) is 54.6 Å². The Morgan fingerprint density at radius 3 is 2.52 bits per heavy atom. The number of benzene rings is 2. The second-order valence-electron chi connectivity index (χ2n) is 6.09. The van der Waals surface area contributed by atoms with Crippen molar-refractivity contribution in [2.75, 3.05) is 13.2 Å². The second kappa shape index (κ2) is 7.83. The lowest BCUT2D eigenvalue weighted by atomic mass is 10.0. The number of amides is 1. The van der Waals surface area contributed by atoms with Gasteiger partial charge in [-0.3, -0.25) is 4.79 Å². The maximum absolute atomic E-state index is 12.5. The highest BCUT2D eigenvalue weighted by Crippen LogP contribution is 2.29. The van der Waals surface area contributed by atoms with Gasteiger partial charge in [-0.25, -0.2) is 4.79 Å². The van der Waals surface area contributed by atoms with E-state index in [1.54, 1.807) is 0 Å². The molecule has 1 unspecified atom stereocenters. The molecule has 1 aliphatic rings. The molecule has 1 N–H and O–H groups in total. The summed E-state index contributed by atoms with van der Waals surface area (Å²) in [5.74, 6) is -0.612. The highest BCUT2D eigenvalue weighted by atomic mass is 16.5. The van der Waals surface area contributed by atoms with Gasteiger partial charge >= 0.3 is 5.97 Å². The van der Waals surface area contributed by atoms with Crippen molar-refractivity contribution < 1.29 is 19.4 Å². The molecule has 5 nitrogen and oxygen atoms in total. The number of carboxylic acid groups (broad SMARTS) is 1. The third-order valence-electron chi connectivity index (χ3n) is 4.43. The van der Waals surface area contributed by atoms with Crippen LogP contribution in [0.4, 0.5) is 0 Å². The number of rotatable bonds is 5. The number of carboxylic acids is 1. The van der Waals surface area contributed by atoms with E-state index in [1.165, 1.54) is 4.90 Å². The predicted octanol–water partition coefficient (Wildman–Crippen LogP) is 3.20. The summed E-state index contributed by atoms with van der Waals surface area (Å²) in [5, 5.41) is 9.30. The third-order valence-corrected chi connectivity index (χ3v) is 4.43. The molecular weight excluding hydrogens is 318 g/mol. The van der Waals surface area contributed by atoms with Crippen LogP contribution in [0.2, 0.25) is 0 Å². The van der Waals surface area contributed by atoms with Crippen LogP contribution in [0.1, 0.15) is 19.3 Å². The minimum Gasteiger partial charge on any atom is -0.483 e. The Balaban J connectivity index is 1.71. The van der Waals surface area contributed by atoms with Gasteiger partial charge in [0, 0.05) is 12.1 Å². The van der Waals surface area contributed by atoms with E-state index in [0.29, 0.717) is 18.7 Å². The smallest absolute Gasteiger partial charge is 0.326 e. The van der Waals surface area contributed by atoms with Gasteiger partial charge in [0.1, 0.15) is 11.8 Å². The number of likely N-dealkylation sites (tertiary alicyclic amines) is 1. The van der Waals surface area contributed by atoms with E-state index in [9.17, 15) is 14.7 Å². The summed E-state index contributed by atoms with van der Waals surface area (Å²) in [5.41, 5.74) is 1.91. The van der Waals surface area contributed by atoms with Crippen molar-refractivity contribution in [1.29, 1.82) is 0 Å². The molecule has 0 spiro atoms. The summed E-state index contributed by atoms with van der Waals surface area (Å²) < 4.78 is 5.75. The Labute approximate surface area is 146 Å². The average molecular weight is 339 g/mol. The van der Waals surface area contributed by atoms with E-state index < -0.39 is 12.0 Å². The highest BCUT2D eigenvalue weighted by molar-refractivity contribution is 5.85. The van der Waals surface area contributed by atoms with Crippen LogP contribution in [-0.4, -0.2) is 41.1 Å². The minimum atomic E-state index is -0.947. The van der Waals surface area contributed by atoms with Crippen LogP contribution >= 0.6 is 0 Å². The van der Waals surface area contributed by atoms with E-state index in [1.807, 2.05) is 54.6 Å². The van der Waals surface area contributed by atoms with Gasteiger partial charge in [0.25, 0.3) is 5.91 Å². The van der Waals surface area contributed by atoms with Crippen molar-refractivity contribution in [3.8, 4) is 16.9 Å². The quantitative estimate of drug-likeness (QED) is 0.908. The molecule has 5 heteroatoms. The average Bonchev–Trinajstić information content (AvgIpc) is 2.67. The maximum atomic E-state index is 12.5. The SMILES string of the molecule is O=C(O)C1CCCCN1C(=O)COc1ccccc1-c1ccccc1. The standard InChI is InChI=1S/C20H21NO4/c22-19(21-13-7-6-11-17(21)20(23)24)14-25-18-12-5-4-10-16(18)15-8-2-1-3-9-15/h1-5,8-10,12,17H,6-7,11,13-14H2,(H,23,24).